The molecule has 142 valence electrons. The van der Waals surface area contributed by atoms with Gasteiger partial charge in [0.1, 0.15) is 6.04 Å². The van der Waals surface area contributed by atoms with Crippen molar-refractivity contribution in [2.24, 2.45) is 0 Å². The van der Waals surface area contributed by atoms with Crippen molar-refractivity contribution in [2.75, 3.05) is 6.61 Å². The summed E-state index contributed by atoms with van der Waals surface area (Å²) in [6.07, 6.45) is 4.22. The van der Waals surface area contributed by atoms with E-state index in [9.17, 15) is 14.4 Å². The second kappa shape index (κ2) is 8.53. The summed E-state index contributed by atoms with van der Waals surface area (Å²) < 4.78 is 9.98. The van der Waals surface area contributed by atoms with Crippen molar-refractivity contribution in [1.29, 1.82) is 0 Å². The van der Waals surface area contributed by atoms with Gasteiger partial charge in [0.05, 0.1) is 12.3 Å². The monoisotopic (exact) mass is 370 g/mol. The highest BCUT2D eigenvalue weighted by molar-refractivity contribution is 5.94. The van der Waals surface area contributed by atoms with E-state index in [0.29, 0.717) is 0 Å². The van der Waals surface area contributed by atoms with E-state index in [-0.39, 0.29) is 17.7 Å². The summed E-state index contributed by atoms with van der Waals surface area (Å²) >= 11 is 0. The lowest BCUT2D eigenvalue weighted by atomic mass is 9.88. The summed E-state index contributed by atoms with van der Waals surface area (Å²) in [5.74, 6) is -1.47. The summed E-state index contributed by atoms with van der Waals surface area (Å²) in [4.78, 5) is 36.0. The molecule has 2 aromatic rings. The Labute approximate surface area is 157 Å². The van der Waals surface area contributed by atoms with Crippen LogP contribution in [0.5, 0.6) is 0 Å². The molecule has 0 spiro atoms. The molecule has 0 aliphatic heterocycles. The first kappa shape index (κ1) is 18.7. The number of carbonyl (C=O) groups excluding carboxylic acids is 3. The van der Waals surface area contributed by atoms with Gasteiger partial charge in [0, 0.05) is 0 Å². The van der Waals surface area contributed by atoms with Gasteiger partial charge in [-0.1, -0.05) is 24.3 Å². The standard InChI is InChI=1S/C20H22N2O5/c1-13(21-19(24)17-10-5-11-26-17)20(25)27-12-18(23)22-16-9-4-7-14-6-2-3-8-15(14)16/h2-3,5-6,8,10-11,13,16H,4,7,9,12H2,1H3,(H,21,24)(H,22,23)/t13-,16+/m0/s1. The number of rotatable bonds is 6. The maximum Gasteiger partial charge on any atom is 0.328 e. The van der Waals surface area contributed by atoms with Gasteiger partial charge >= 0.3 is 5.97 Å². The molecule has 1 aromatic carbocycles. The molecule has 7 heteroatoms. The minimum absolute atomic E-state index is 0.0720. The fraction of sp³-hybridized carbons (Fsp3) is 0.350. The summed E-state index contributed by atoms with van der Waals surface area (Å²) in [5.41, 5.74) is 2.35. The van der Waals surface area contributed by atoms with Gasteiger partial charge in [-0.3, -0.25) is 9.59 Å². The van der Waals surface area contributed by atoms with Crippen LogP contribution in [-0.4, -0.2) is 30.4 Å². The van der Waals surface area contributed by atoms with Crippen LogP contribution in [0.15, 0.2) is 47.1 Å². The zero-order valence-electron chi connectivity index (χ0n) is 15.1. The van der Waals surface area contributed by atoms with Gasteiger partial charge in [0.25, 0.3) is 11.8 Å². The predicted molar refractivity (Wildman–Crippen MR) is 96.9 cm³/mol. The second-order valence-electron chi connectivity index (χ2n) is 6.49. The molecule has 0 unspecified atom stereocenters. The molecule has 3 rings (SSSR count). The Kier molecular flexibility index (Phi) is 5.90. The first-order valence-corrected chi connectivity index (χ1v) is 8.93. The lowest BCUT2D eigenvalue weighted by molar-refractivity contribution is -0.150. The molecule has 1 aromatic heterocycles. The van der Waals surface area contributed by atoms with Crippen LogP contribution in [0.3, 0.4) is 0 Å². The van der Waals surface area contributed by atoms with Crippen molar-refractivity contribution >= 4 is 17.8 Å². The van der Waals surface area contributed by atoms with Crippen LogP contribution < -0.4 is 10.6 Å². The highest BCUT2D eigenvalue weighted by atomic mass is 16.5. The van der Waals surface area contributed by atoms with Crippen molar-refractivity contribution < 1.29 is 23.5 Å². The van der Waals surface area contributed by atoms with Crippen LogP contribution in [-0.2, 0) is 20.7 Å². The number of fused-ring (bicyclic) bond motifs is 1. The van der Waals surface area contributed by atoms with Gasteiger partial charge in [-0.05, 0) is 49.4 Å². The molecule has 2 atom stereocenters. The minimum atomic E-state index is -0.897. The molecule has 2 amide bonds. The van der Waals surface area contributed by atoms with E-state index in [4.69, 9.17) is 9.15 Å². The number of hydrogen-bond donors (Lipinski definition) is 2. The smallest absolute Gasteiger partial charge is 0.328 e. The average Bonchev–Trinajstić information content (AvgIpc) is 3.21. The first-order chi connectivity index (χ1) is 13.0. The van der Waals surface area contributed by atoms with E-state index in [2.05, 4.69) is 16.7 Å². The summed E-state index contributed by atoms with van der Waals surface area (Å²) in [7, 11) is 0. The van der Waals surface area contributed by atoms with Gasteiger partial charge in [0.15, 0.2) is 12.4 Å². The number of nitrogens with one attached hydrogen (secondary N) is 2. The highest BCUT2D eigenvalue weighted by Gasteiger charge is 2.23. The molecule has 0 bridgehead atoms. The molecule has 7 nitrogen and oxygen atoms in total. The van der Waals surface area contributed by atoms with E-state index >= 15 is 0 Å². The lowest BCUT2D eigenvalue weighted by Gasteiger charge is -2.26. The van der Waals surface area contributed by atoms with E-state index in [1.54, 1.807) is 6.07 Å². The molecule has 1 aliphatic carbocycles. The Morgan fingerprint density at radius 2 is 2.04 bits per heavy atom. The third-order valence-corrected chi connectivity index (χ3v) is 4.50. The number of carbonyl (C=O) groups is 3. The SMILES string of the molecule is C[C@H](NC(=O)c1ccco1)C(=O)OCC(=O)N[C@@H]1CCCc2ccccc21. The molecule has 0 saturated carbocycles. The average molecular weight is 370 g/mol. The van der Waals surface area contributed by atoms with Crippen molar-refractivity contribution in [2.45, 2.75) is 38.3 Å². The first-order valence-electron chi connectivity index (χ1n) is 8.93. The maximum atomic E-state index is 12.2. The number of esters is 1. The Balaban J connectivity index is 1.46. The number of hydrogen-bond acceptors (Lipinski definition) is 5. The van der Waals surface area contributed by atoms with E-state index in [1.807, 2.05) is 18.2 Å². The normalized spacial score (nSPS) is 16.7. The third-order valence-electron chi connectivity index (χ3n) is 4.50. The minimum Gasteiger partial charge on any atom is -0.459 e. The lowest BCUT2D eigenvalue weighted by Crippen LogP contribution is -2.41. The predicted octanol–water partition coefficient (Wildman–Crippen LogP) is 2.13. The molecular weight excluding hydrogens is 348 g/mol. The fourth-order valence-electron chi connectivity index (χ4n) is 3.14. The van der Waals surface area contributed by atoms with Crippen molar-refractivity contribution in [1.82, 2.24) is 10.6 Å². The molecular formula is C20H22N2O5. The summed E-state index contributed by atoms with van der Waals surface area (Å²) in [6, 6.07) is 10.1. The zero-order chi connectivity index (χ0) is 19.2. The molecule has 1 aliphatic rings. The molecule has 0 fully saturated rings. The molecule has 0 radical (unpaired) electrons. The van der Waals surface area contributed by atoms with E-state index in [1.165, 1.54) is 24.8 Å². The van der Waals surface area contributed by atoms with Crippen LogP contribution >= 0.6 is 0 Å². The van der Waals surface area contributed by atoms with Gasteiger partial charge in [-0.25, -0.2) is 4.79 Å². The van der Waals surface area contributed by atoms with Gasteiger partial charge in [-0.15, -0.1) is 0 Å². The van der Waals surface area contributed by atoms with Crippen LogP contribution in [0, 0.1) is 0 Å². The van der Waals surface area contributed by atoms with Gasteiger partial charge in [-0.2, -0.15) is 0 Å². The topological polar surface area (TPSA) is 97.6 Å². The van der Waals surface area contributed by atoms with Crippen LogP contribution in [0.2, 0.25) is 0 Å². The molecule has 0 saturated heterocycles. The summed E-state index contributed by atoms with van der Waals surface area (Å²) in [6.45, 7) is 1.09. The number of benzene rings is 1. The number of ether oxygens (including phenoxy) is 1. The quantitative estimate of drug-likeness (QED) is 0.759. The Morgan fingerprint density at radius 1 is 1.22 bits per heavy atom. The number of amides is 2. The fourth-order valence-corrected chi connectivity index (χ4v) is 3.14. The third kappa shape index (κ3) is 4.75. The van der Waals surface area contributed by atoms with E-state index in [0.717, 1.165) is 24.8 Å². The largest absolute Gasteiger partial charge is 0.459 e. The van der Waals surface area contributed by atoms with Gasteiger partial charge in [0.2, 0.25) is 0 Å². The van der Waals surface area contributed by atoms with Crippen LogP contribution in [0.1, 0.15) is 47.5 Å². The number of aryl methyl sites for hydroxylation is 1. The molecule has 1 heterocycles. The molecule has 27 heavy (non-hydrogen) atoms. The van der Waals surface area contributed by atoms with E-state index < -0.39 is 24.5 Å². The van der Waals surface area contributed by atoms with Crippen LogP contribution in [0.25, 0.3) is 0 Å². The summed E-state index contributed by atoms with van der Waals surface area (Å²) in [5, 5.41) is 5.38. The Morgan fingerprint density at radius 3 is 2.81 bits per heavy atom. The Hall–Kier alpha value is -3.09. The number of furan rings is 1. The van der Waals surface area contributed by atoms with Crippen molar-refractivity contribution in [3.8, 4) is 0 Å². The second-order valence-corrected chi connectivity index (χ2v) is 6.49. The van der Waals surface area contributed by atoms with Crippen LogP contribution in [0.4, 0.5) is 0 Å². The van der Waals surface area contributed by atoms with Crippen molar-refractivity contribution in [3.63, 3.8) is 0 Å². The van der Waals surface area contributed by atoms with Crippen molar-refractivity contribution in [3.05, 3.63) is 59.5 Å². The Bertz CT molecular complexity index is 816. The zero-order valence-corrected chi connectivity index (χ0v) is 15.1. The van der Waals surface area contributed by atoms with Gasteiger partial charge < -0.3 is 19.8 Å². The maximum absolute atomic E-state index is 12.2. The highest BCUT2D eigenvalue weighted by Crippen LogP contribution is 2.29. The molecule has 2 N–H and O–H groups in total.